The van der Waals surface area contributed by atoms with Gasteiger partial charge in [-0.3, -0.25) is 4.68 Å². The Kier molecular flexibility index (Phi) is 5.52. The van der Waals surface area contributed by atoms with E-state index in [1.165, 1.54) is 0 Å². The zero-order chi connectivity index (χ0) is 14.2. The molecule has 3 nitrogen and oxygen atoms in total. The van der Waals surface area contributed by atoms with E-state index in [0.717, 1.165) is 23.4 Å². The highest BCUT2D eigenvalue weighted by Gasteiger charge is 1.99. The normalized spacial score (nSPS) is 9.90. The summed E-state index contributed by atoms with van der Waals surface area (Å²) >= 11 is 5.60. The van der Waals surface area contributed by atoms with Gasteiger partial charge in [-0.15, -0.1) is 11.6 Å². The number of benzene rings is 1. The van der Waals surface area contributed by atoms with E-state index >= 15 is 0 Å². The van der Waals surface area contributed by atoms with Gasteiger partial charge in [0.05, 0.1) is 6.54 Å². The summed E-state index contributed by atoms with van der Waals surface area (Å²) in [5.74, 6) is 7.58. The minimum atomic E-state index is 0.570. The highest BCUT2D eigenvalue weighted by Crippen LogP contribution is 2.16. The van der Waals surface area contributed by atoms with Gasteiger partial charge >= 0.3 is 0 Å². The van der Waals surface area contributed by atoms with Crippen LogP contribution in [0.15, 0.2) is 36.7 Å². The molecule has 1 heterocycles. The Morgan fingerprint density at radius 2 is 2.30 bits per heavy atom. The number of aromatic nitrogens is 2. The summed E-state index contributed by atoms with van der Waals surface area (Å²) in [7, 11) is 0. The Morgan fingerprint density at radius 1 is 1.40 bits per heavy atom. The number of aryl methyl sites for hydroxylation is 1. The van der Waals surface area contributed by atoms with E-state index in [4.69, 9.17) is 16.3 Å². The van der Waals surface area contributed by atoms with Gasteiger partial charge in [-0.05, 0) is 36.8 Å². The molecule has 4 heteroatoms. The Labute approximate surface area is 124 Å². The molecule has 0 aliphatic carbocycles. The Bertz CT molecular complexity index is 597. The molecular formula is C16H17ClN2O. The molecule has 0 aliphatic rings. The molecule has 1 aromatic heterocycles. The van der Waals surface area contributed by atoms with E-state index in [0.29, 0.717) is 18.9 Å². The van der Waals surface area contributed by atoms with Crippen molar-refractivity contribution >= 4 is 11.6 Å². The predicted molar refractivity (Wildman–Crippen MR) is 81.1 cm³/mol. The van der Waals surface area contributed by atoms with Crippen molar-refractivity contribution in [3.8, 4) is 17.6 Å². The van der Waals surface area contributed by atoms with E-state index in [-0.39, 0.29) is 0 Å². The lowest BCUT2D eigenvalue weighted by Crippen LogP contribution is -2.08. The SMILES string of the molecule is Cc1cc(OCCn2cccn2)ccc1C#CCCCl. The highest BCUT2D eigenvalue weighted by atomic mass is 35.5. The number of halogens is 1. The van der Waals surface area contributed by atoms with Crippen LogP contribution in [0, 0.1) is 18.8 Å². The number of alkyl halides is 1. The average molecular weight is 289 g/mol. The average Bonchev–Trinajstić information content (AvgIpc) is 2.95. The summed E-state index contributed by atoms with van der Waals surface area (Å²) < 4.78 is 7.56. The summed E-state index contributed by atoms with van der Waals surface area (Å²) in [5.41, 5.74) is 2.14. The molecule has 0 bridgehead atoms. The monoisotopic (exact) mass is 288 g/mol. The van der Waals surface area contributed by atoms with Crippen LogP contribution in [-0.2, 0) is 6.54 Å². The largest absolute Gasteiger partial charge is 0.492 e. The van der Waals surface area contributed by atoms with E-state index in [2.05, 4.69) is 16.9 Å². The van der Waals surface area contributed by atoms with E-state index < -0.39 is 0 Å². The molecule has 0 atom stereocenters. The smallest absolute Gasteiger partial charge is 0.119 e. The second-order valence-electron chi connectivity index (χ2n) is 4.34. The first-order chi connectivity index (χ1) is 9.79. The number of rotatable bonds is 5. The standard InChI is InChI=1S/C16H17ClN2O/c1-14-13-16(7-6-15(14)5-2-3-8-17)20-12-11-19-10-4-9-18-19/h4,6-7,9-10,13H,3,8,11-12H2,1H3. The molecule has 104 valence electrons. The van der Waals surface area contributed by atoms with Gasteiger partial charge < -0.3 is 4.74 Å². The van der Waals surface area contributed by atoms with Crippen molar-refractivity contribution in [2.75, 3.05) is 12.5 Å². The molecule has 0 spiro atoms. The first-order valence-corrected chi connectivity index (χ1v) is 7.09. The van der Waals surface area contributed by atoms with Gasteiger partial charge in [-0.1, -0.05) is 11.8 Å². The molecule has 0 aliphatic heterocycles. The number of ether oxygens (including phenoxy) is 1. The zero-order valence-electron chi connectivity index (χ0n) is 11.5. The second kappa shape index (κ2) is 7.62. The van der Waals surface area contributed by atoms with E-state index in [1.54, 1.807) is 6.20 Å². The minimum Gasteiger partial charge on any atom is -0.492 e. The van der Waals surface area contributed by atoms with Crippen molar-refractivity contribution in [2.24, 2.45) is 0 Å². The fourth-order valence-corrected chi connectivity index (χ4v) is 1.86. The minimum absolute atomic E-state index is 0.570. The molecule has 20 heavy (non-hydrogen) atoms. The number of hydrogen-bond acceptors (Lipinski definition) is 2. The third kappa shape index (κ3) is 4.32. The van der Waals surface area contributed by atoms with Crippen LogP contribution in [0.5, 0.6) is 5.75 Å². The molecule has 2 aromatic rings. The third-order valence-corrected chi connectivity index (χ3v) is 2.98. The van der Waals surface area contributed by atoms with Crippen molar-refractivity contribution in [1.29, 1.82) is 0 Å². The van der Waals surface area contributed by atoms with Crippen LogP contribution in [0.1, 0.15) is 17.5 Å². The van der Waals surface area contributed by atoms with Gasteiger partial charge in [0.15, 0.2) is 0 Å². The van der Waals surface area contributed by atoms with Crippen molar-refractivity contribution in [3.05, 3.63) is 47.8 Å². The molecule has 0 saturated heterocycles. The summed E-state index contributed by atoms with van der Waals surface area (Å²) in [4.78, 5) is 0. The summed E-state index contributed by atoms with van der Waals surface area (Å²) in [6.07, 6.45) is 4.39. The van der Waals surface area contributed by atoms with Crippen LogP contribution in [0.25, 0.3) is 0 Å². The number of nitrogens with zero attached hydrogens (tertiary/aromatic N) is 2. The molecule has 0 N–H and O–H groups in total. The molecular weight excluding hydrogens is 272 g/mol. The van der Waals surface area contributed by atoms with Crippen molar-refractivity contribution in [3.63, 3.8) is 0 Å². The van der Waals surface area contributed by atoms with Gasteiger partial charge in [-0.2, -0.15) is 5.10 Å². The van der Waals surface area contributed by atoms with Crippen molar-refractivity contribution in [1.82, 2.24) is 9.78 Å². The third-order valence-electron chi connectivity index (χ3n) is 2.79. The zero-order valence-corrected chi connectivity index (χ0v) is 12.2. The van der Waals surface area contributed by atoms with Gasteiger partial charge in [-0.25, -0.2) is 0 Å². The van der Waals surface area contributed by atoms with E-state index in [9.17, 15) is 0 Å². The van der Waals surface area contributed by atoms with Crippen LogP contribution in [0.3, 0.4) is 0 Å². The maximum Gasteiger partial charge on any atom is 0.119 e. The molecule has 0 unspecified atom stereocenters. The van der Waals surface area contributed by atoms with Gasteiger partial charge in [0.2, 0.25) is 0 Å². The first-order valence-electron chi connectivity index (χ1n) is 6.55. The van der Waals surface area contributed by atoms with Gasteiger partial charge in [0.1, 0.15) is 12.4 Å². The topological polar surface area (TPSA) is 27.1 Å². The second-order valence-corrected chi connectivity index (χ2v) is 4.71. The highest BCUT2D eigenvalue weighted by molar-refractivity contribution is 6.18. The van der Waals surface area contributed by atoms with Crippen LogP contribution in [-0.4, -0.2) is 22.3 Å². The summed E-state index contributed by atoms with van der Waals surface area (Å²) in [5, 5.41) is 4.13. The van der Waals surface area contributed by atoms with Gasteiger partial charge in [0.25, 0.3) is 0 Å². The van der Waals surface area contributed by atoms with Crippen LogP contribution >= 0.6 is 11.6 Å². The maximum atomic E-state index is 5.71. The molecule has 2 rings (SSSR count). The fourth-order valence-electron chi connectivity index (χ4n) is 1.76. The molecule has 0 saturated carbocycles. The van der Waals surface area contributed by atoms with E-state index in [1.807, 2.05) is 42.1 Å². The molecule has 0 radical (unpaired) electrons. The van der Waals surface area contributed by atoms with Crippen LogP contribution in [0.4, 0.5) is 0 Å². The van der Waals surface area contributed by atoms with Crippen LogP contribution < -0.4 is 4.74 Å². The Balaban J connectivity index is 1.90. The summed E-state index contributed by atoms with van der Waals surface area (Å²) in [6.45, 7) is 3.37. The predicted octanol–water partition coefficient (Wildman–Crippen LogP) is 3.25. The lowest BCUT2D eigenvalue weighted by molar-refractivity contribution is 0.291. The Morgan fingerprint density at radius 3 is 3.00 bits per heavy atom. The quantitative estimate of drug-likeness (QED) is 0.624. The van der Waals surface area contributed by atoms with Crippen molar-refractivity contribution < 1.29 is 4.74 Å². The van der Waals surface area contributed by atoms with Crippen molar-refractivity contribution in [2.45, 2.75) is 19.9 Å². The molecule has 0 fully saturated rings. The fraction of sp³-hybridized carbons (Fsp3) is 0.312. The first kappa shape index (κ1) is 14.5. The molecule has 1 aromatic carbocycles. The maximum absolute atomic E-state index is 5.71. The summed E-state index contributed by atoms with van der Waals surface area (Å²) in [6, 6.07) is 7.84. The lowest BCUT2D eigenvalue weighted by Gasteiger charge is -2.08. The molecule has 0 amide bonds. The van der Waals surface area contributed by atoms with Crippen LogP contribution in [0.2, 0.25) is 0 Å². The lowest BCUT2D eigenvalue weighted by atomic mass is 10.1. The Hall–Kier alpha value is -1.92. The van der Waals surface area contributed by atoms with Gasteiger partial charge in [0, 0.05) is 30.3 Å². The number of hydrogen-bond donors (Lipinski definition) is 0.